The zero-order chi connectivity index (χ0) is 20.6. The molecule has 2 aromatic rings. The Balaban J connectivity index is 1.38. The summed E-state index contributed by atoms with van der Waals surface area (Å²) in [5, 5.41) is 5.65. The summed E-state index contributed by atoms with van der Waals surface area (Å²) >= 11 is 5.86. The van der Waals surface area contributed by atoms with E-state index in [1.165, 1.54) is 6.08 Å². The normalized spacial score (nSPS) is 14.7. The topological polar surface area (TPSA) is 91.7 Å². The summed E-state index contributed by atoms with van der Waals surface area (Å²) in [6.07, 6.45) is 6.22. The number of rotatable bonds is 5. The zero-order valence-corrected chi connectivity index (χ0v) is 16.5. The van der Waals surface area contributed by atoms with Gasteiger partial charge >= 0.3 is 11.8 Å². The van der Waals surface area contributed by atoms with Gasteiger partial charge in [0.15, 0.2) is 0 Å². The highest BCUT2D eigenvalue weighted by atomic mass is 35.5. The standard InChI is InChI=1S/C21H22ClN3O4/c22-16-3-1-4-17(13-16)24-21(28)20(27)23-14-15-8-10-25(11-9-15)19(26)7-6-18-5-2-12-29-18/h1-7,12-13,15H,8-11,14H2,(H,23,27)(H,24,28)/b7-6+. The van der Waals surface area contributed by atoms with Crippen LogP contribution in [0, 0.1) is 5.92 Å². The van der Waals surface area contributed by atoms with Crippen LogP contribution in [0.25, 0.3) is 6.08 Å². The first-order valence-corrected chi connectivity index (χ1v) is 9.74. The number of hydrogen-bond acceptors (Lipinski definition) is 4. The number of nitrogens with zero attached hydrogens (tertiary/aromatic N) is 1. The number of piperidine rings is 1. The molecule has 1 aliphatic rings. The second-order valence-corrected chi connectivity index (χ2v) is 7.23. The molecule has 1 aliphatic heterocycles. The van der Waals surface area contributed by atoms with Gasteiger partial charge in [0.25, 0.3) is 0 Å². The average Bonchev–Trinajstić information content (AvgIpc) is 3.24. The first-order valence-electron chi connectivity index (χ1n) is 9.36. The molecule has 0 spiro atoms. The summed E-state index contributed by atoms with van der Waals surface area (Å²) in [7, 11) is 0. The monoisotopic (exact) mass is 415 g/mol. The van der Waals surface area contributed by atoms with Crippen LogP contribution in [0.5, 0.6) is 0 Å². The molecule has 29 heavy (non-hydrogen) atoms. The predicted molar refractivity (Wildman–Crippen MR) is 110 cm³/mol. The van der Waals surface area contributed by atoms with Gasteiger partial charge in [-0.3, -0.25) is 14.4 Å². The van der Waals surface area contributed by atoms with Crippen LogP contribution in [0.4, 0.5) is 5.69 Å². The minimum Gasteiger partial charge on any atom is -0.465 e. The Bertz CT molecular complexity index is 887. The van der Waals surface area contributed by atoms with Crippen molar-refractivity contribution in [2.75, 3.05) is 25.0 Å². The molecule has 0 radical (unpaired) electrons. The quantitative estimate of drug-likeness (QED) is 0.580. The smallest absolute Gasteiger partial charge is 0.313 e. The second-order valence-electron chi connectivity index (χ2n) is 6.79. The Kier molecular flexibility index (Phi) is 7.08. The van der Waals surface area contributed by atoms with Crippen molar-refractivity contribution in [3.05, 3.63) is 59.5 Å². The summed E-state index contributed by atoms with van der Waals surface area (Å²) in [4.78, 5) is 38.0. The lowest BCUT2D eigenvalue weighted by molar-refractivity contribution is -0.136. The third kappa shape index (κ3) is 6.22. The van der Waals surface area contributed by atoms with Gasteiger partial charge in [-0.25, -0.2) is 0 Å². The number of amides is 3. The van der Waals surface area contributed by atoms with Crippen LogP contribution in [-0.2, 0) is 14.4 Å². The van der Waals surface area contributed by atoms with E-state index in [9.17, 15) is 14.4 Å². The molecule has 8 heteroatoms. The van der Waals surface area contributed by atoms with Crippen molar-refractivity contribution >= 4 is 41.1 Å². The number of furan rings is 1. The average molecular weight is 416 g/mol. The summed E-state index contributed by atoms with van der Waals surface area (Å²) in [5.41, 5.74) is 0.465. The molecule has 2 N–H and O–H groups in total. The van der Waals surface area contributed by atoms with Gasteiger partial charge < -0.3 is 20.0 Å². The number of benzene rings is 1. The molecule has 1 aromatic heterocycles. The minimum atomic E-state index is -0.733. The maximum atomic E-state index is 12.2. The molecule has 3 rings (SSSR count). The van der Waals surface area contributed by atoms with E-state index in [1.54, 1.807) is 53.6 Å². The molecule has 1 saturated heterocycles. The molecule has 0 bridgehead atoms. The first-order chi connectivity index (χ1) is 14.0. The van der Waals surface area contributed by atoms with Gasteiger partial charge in [-0.2, -0.15) is 0 Å². The van der Waals surface area contributed by atoms with Crippen LogP contribution >= 0.6 is 11.6 Å². The number of halogens is 1. The third-order valence-corrected chi connectivity index (χ3v) is 4.93. The lowest BCUT2D eigenvalue weighted by atomic mass is 9.96. The molecule has 0 aliphatic carbocycles. The Morgan fingerprint density at radius 3 is 2.62 bits per heavy atom. The van der Waals surface area contributed by atoms with Gasteiger partial charge in [0.2, 0.25) is 5.91 Å². The van der Waals surface area contributed by atoms with Crippen LogP contribution in [0.1, 0.15) is 18.6 Å². The van der Waals surface area contributed by atoms with Gasteiger partial charge in [-0.1, -0.05) is 17.7 Å². The summed E-state index contributed by atoms with van der Waals surface area (Å²) in [6.45, 7) is 1.61. The molecule has 0 unspecified atom stereocenters. The van der Waals surface area contributed by atoms with E-state index in [0.29, 0.717) is 36.1 Å². The van der Waals surface area contributed by atoms with Crippen molar-refractivity contribution in [3.63, 3.8) is 0 Å². The molecule has 0 atom stereocenters. The molecule has 1 fully saturated rings. The molecular formula is C21H22ClN3O4. The Labute approximate surface area is 173 Å². The van der Waals surface area contributed by atoms with Gasteiger partial charge in [-0.05, 0) is 55.2 Å². The van der Waals surface area contributed by atoms with Crippen LogP contribution in [0.3, 0.4) is 0 Å². The molecule has 2 heterocycles. The van der Waals surface area contributed by atoms with E-state index in [2.05, 4.69) is 10.6 Å². The molecular weight excluding hydrogens is 394 g/mol. The van der Waals surface area contributed by atoms with Crippen molar-refractivity contribution in [1.82, 2.24) is 10.2 Å². The summed E-state index contributed by atoms with van der Waals surface area (Å²) in [6, 6.07) is 10.1. The van der Waals surface area contributed by atoms with Crippen molar-refractivity contribution in [1.29, 1.82) is 0 Å². The third-order valence-electron chi connectivity index (χ3n) is 4.70. The highest BCUT2D eigenvalue weighted by Gasteiger charge is 2.23. The summed E-state index contributed by atoms with van der Waals surface area (Å²) in [5.74, 6) is -0.638. The van der Waals surface area contributed by atoms with Crippen molar-refractivity contribution in [2.45, 2.75) is 12.8 Å². The fraction of sp³-hybridized carbons (Fsp3) is 0.286. The second kappa shape index (κ2) is 9.93. The minimum absolute atomic E-state index is 0.0650. The van der Waals surface area contributed by atoms with Gasteiger partial charge in [-0.15, -0.1) is 0 Å². The van der Waals surface area contributed by atoms with Gasteiger partial charge in [0.05, 0.1) is 6.26 Å². The molecule has 152 valence electrons. The molecule has 1 aromatic carbocycles. The first kappa shape index (κ1) is 20.7. The van der Waals surface area contributed by atoms with E-state index in [0.717, 1.165) is 12.8 Å². The highest BCUT2D eigenvalue weighted by molar-refractivity contribution is 6.39. The Morgan fingerprint density at radius 2 is 1.93 bits per heavy atom. The van der Waals surface area contributed by atoms with E-state index >= 15 is 0 Å². The van der Waals surface area contributed by atoms with Crippen molar-refractivity contribution in [3.8, 4) is 0 Å². The Hall–Kier alpha value is -3.06. The highest BCUT2D eigenvalue weighted by Crippen LogP contribution is 2.17. The number of likely N-dealkylation sites (tertiary alicyclic amines) is 1. The zero-order valence-electron chi connectivity index (χ0n) is 15.8. The fourth-order valence-corrected chi connectivity index (χ4v) is 3.26. The van der Waals surface area contributed by atoms with Gasteiger partial charge in [0, 0.05) is 36.4 Å². The predicted octanol–water partition coefficient (Wildman–Crippen LogP) is 2.94. The van der Waals surface area contributed by atoms with Crippen molar-refractivity contribution < 1.29 is 18.8 Å². The van der Waals surface area contributed by atoms with E-state index in [1.807, 2.05) is 0 Å². The number of nitrogens with one attached hydrogen (secondary N) is 2. The summed E-state index contributed by atoms with van der Waals surface area (Å²) < 4.78 is 5.17. The SMILES string of the molecule is O=C(NCC1CCN(C(=O)/C=C/c2ccco2)CC1)C(=O)Nc1cccc(Cl)c1. The number of hydrogen-bond donors (Lipinski definition) is 2. The lowest BCUT2D eigenvalue weighted by Crippen LogP contribution is -2.43. The molecule has 0 saturated carbocycles. The van der Waals surface area contributed by atoms with Gasteiger partial charge in [0.1, 0.15) is 5.76 Å². The van der Waals surface area contributed by atoms with Crippen LogP contribution < -0.4 is 10.6 Å². The maximum absolute atomic E-state index is 12.2. The van der Waals surface area contributed by atoms with Crippen LogP contribution in [0.2, 0.25) is 5.02 Å². The van der Waals surface area contributed by atoms with Crippen LogP contribution in [0.15, 0.2) is 53.2 Å². The fourth-order valence-electron chi connectivity index (χ4n) is 3.07. The van der Waals surface area contributed by atoms with E-state index in [4.69, 9.17) is 16.0 Å². The molecule has 7 nitrogen and oxygen atoms in total. The maximum Gasteiger partial charge on any atom is 0.313 e. The lowest BCUT2D eigenvalue weighted by Gasteiger charge is -2.31. The number of carbonyl (C=O) groups is 3. The van der Waals surface area contributed by atoms with E-state index < -0.39 is 11.8 Å². The van der Waals surface area contributed by atoms with Crippen molar-refractivity contribution in [2.24, 2.45) is 5.92 Å². The number of anilines is 1. The largest absolute Gasteiger partial charge is 0.465 e. The Morgan fingerprint density at radius 1 is 1.14 bits per heavy atom. The van der Waals surface area contributed by atoms with Crippen LogP contribution in [-0.4, -0.2) is 42.3 Å². The van der Waals surface area contributed by atoms with E-state index in [-0.39, 0.29) is 11.8 Å². The molecule has 3 amide bonds. The number of carbonyl (C=O) groups excluding carboxylic acids is 3.